The number of rotatable bonds is 6. The summed E-state index contributed by atoms with van der Waals surface area (Å²) >= 11 is 0. The van der Waals surface area contributed by atoms with Crippen LogP contribution < -0.4 is 9.47 Å². The lowest BCUT2D eigenvalue weighted by molar-refractivity contribution is 0.0766. The predicted octanol–water partition coefficient (Wildman–Crippen LogP) is 2.19. The Labute approximate surface area is 119 Å². The number of methoxy groups -OCH3 is 2. The van der Waals surface area contributed by atoms with E-state index in [1.165, 1.54) is 12.8 Å². The van der Waals surface area contributed by atoms with Gasteiger partial charge in [0, 0.05) is 6.54 Å². The van der Waals surface area contributed by atoms with Crippen LogP contribution in [0.15, 0.2) is 18.2 Å². The van der Waals surface area contributed by atoms with Crippen LogP contribution in [0.25, 0.3) is 0 Å². The SMILES string of the molecule is C#CCN(CC1CC1)C(=O)c1cc(OC)ccc1OC. The fourth-order valence-corrected chi connectivity index (χ4v) is 2.09. The zero-order valence-electron chi connectivity index (χ0n) is 11.9. The lowest BCUT2D eigenvalue weighted by Crippen LogP contribution is -2.33. The first-order valence-electron chi connectivity index (χ1n) is 6.64. The molecule has 0 N–H and O–H groups in total. The summed E-state index contributed by atoms with van der Waals surface area (Å²) in [5.41, 5.74) is 0.489. The van der Waals surface area contributed by atoms with Crippen LogP contribution in [0.2, 0.25) is 0 Å². The first kappa shape index (κ1) is 14.3. The number of nitrogens with zero attached hydrogens (tertiary/aromatic N) is 1. The van der Waals surface area contributed by atoms with Crippen LogP contribution in [0, 0.1) is 18.3 Å². The molecule has 0 aromatic heterocycles. The van der Waals surface area contributed by atoms with E-state index in [1.54, 1.807) is 37.3 Å². The van der Waals surface area contributed by atoms with Gasteiger partial charge in [-0.2, -0.15) is 0 Å². The number of terminal acetylenes is 1. The van der Waals surface area contributed by atoms with Crippen molar-refractivity contribution < 1.29 is 14.3 Å². The summed E-state index contributed by atoms with van der Waals surface area (Å²) in [5.74, 6) is 4.19. The topological polar surface area (TPSA) is 38.8 Å². The van der Waals surface area contributed by atoms with Gasteiger partial charge in [0.15, 0.2) is 0 Å². The van der Waals surface area contributed by atoms with Crippen molar-refractivity contribution in [2.75, 3.05) is 27.3 Å². The maximum atomic E-state index is 12.6. The van der Waals surface area contributed by atoms with Gasteiger partial charge in [-0.05, 0) is 37.0 Å². The standard InChI is InChI=1S/C16H19NO3/c1-4-9-17(11-12-5-6-12)16(18)14-10-13(19-2)7-8-15(14)20-3/h1,7-8,10,12H,5-6,9,11H2,2-3H3. The first-order chi connectivity index (χ1) is 9.69. The van der Waals surface area contributed by atoms with Crippen LogP contribution in [0.4, 0.5) is 0 Å². The number of amides is 1. The van der Waals surface area contributed by atoms with Crippen molar-refractivity contribution in [2.24, 2.45) is 5.92 Å². The lowest BCUT2D eigenvalue weighted by Gasteiger charge is -2.21. The van der Waals surface area contributed by atoms with E-state index in [0.29, 0.717) is 36.1 Å². The summed E-state index contributed by atoms with van der Waals surface area (Å²) in [6.45, 7) is 1.03. The molecule has 1 aromatic carbocycles. The molecule has 1 amide bonds. The third-order valence-electron chi connectivity index (χ3n) is 3.38. The Kier molecular flexibility index (Phi) is 4.52. The van der Waals surface area contributed by atoms with Gasteiger partial charge in [-0.15, -0.1) is 6.42 Å². The Morgan fingerprint density at radius 2 is 2.15 bits per heavy atom. The number of hydrogen-bond acceptors (Lipinski definition) is 3. The van der Waals surface area contributed by atoms with Gasteiger partial charge in [0.1, 0.15) is 11.5 Å². The highest BCUT2D eigenvalue weighted by Gasteiger charge is 2.28. The lowest BCUT2D eigenvalue weighted by atomic mass is 10.1. The van der Waals surface area contributed by atoms with Crippen molar-refractivity contribution in [3.05, 3.63) is 23.8 Å². The third kappa shape index (κ3) is 3.24. The smallest absolute Gasteiger partial charge is 0.258 e. The highest BCUT2D eigenvalue weighted by Crippen LogP contribution is 2.31. The third-order valence-corrected chi connectivity index (χ3v) is 3.38. The minimum Gasteiger partial charge on any atom is -0.497 e. The summed E-state index contributed by atoms with van der Waals surface area (Å²) in [6.07, 6.45) is 7.71. The van der Waals surface area contributed by atoms with E-state index in [9.17, 15) is 4.79 Å². The zero-order chi connectivity index (χ0) is 14.5. The van der Waals surface area contributed by atoms with Gasteiger partial charge in [-0.3, -0.25) is 4.79 Å². The molecular formula is C16H19NO3. The highest BCUT2D eigenvalue weighted by molar-refractivity contribution is 5.97. The average molecular weight is 273 g/mol. The monoisotopic (exact) mass is 273 g/mol. The van der Waals surface area contributed by atoms with Gasteiger partial charge in [-0.1, -0.05) is 5.92 Å². The average Bonchev–Trinajstić information content (AvgIpc) is 3.29. The van der Waals surface area contributed by atoms with Crippen LogP contribution >= 0.6 is 0 Å². The second kappa shape index (κ2) is 6.33. The molecule has 1 aliphatic rings. The summed E-state index contributed by atoms with van der Waals surface area (Å²) in [6, 6.07) is 5.19. The van der Waals surface area contributed by atoms with Gasteiger partial charge in [0.2, 0.25) is 0 Å². The summed E-state index contributed by atoms with van der Waals surface area (Å²) in [5, 5.41) is 0. The molecule has 1 aliphatic carbocycles. The summed E-state index contributed by atoms with van der Waals surface area (Å²) < 4.78 is 10.4. The minimum absolute atomic E-state index is 0.106. The molecule has 0 atom stereocenters. The van der Waals surface area contributed by atoms with E-state index in [4.69, 9.17) is 15.9 Å². The van der Waals surface area contributed by atoms with Crippen LogP contribution in [0.1, 0.15) is 23.2 Å². The van der Waals surface area contributed by atoms with Crippen molar-refractivity contribution >= 4 is 5.91 Å². The fourth-order valence-electron chi connectivity index (χ4n) is 2.09. The molecule has 1 fully saturated rings. The fraction of sp³-hybridized carbons (Fsp3) is 0.438. The van der Waals surface area contributed by atoms with Crippen molar-refractivity contribution in [1.29, 1.82) is 0 Å². The van der Waals surface area contributed by atoms with Crippen molar-refractivity contribution in [3.63, 3.8) is 0 Å². The van der Waals surface area contributed by atoms with Crippen molar-refractivity contribution in [1.82, 2.24) is 4.90 Å². The molecule has 0 heterocycles. The molecular weight excluding hydrogens is 254 g/mol. The van der Waals surface area contributed by atoms with Gasteiger partial charge in [-0.25, -0.2) is 0 Å². The van der Waals surface area contributed by atoms with Crippen LogP contribution in [0.3, 0.4) is 0 Å². The molecule has 0 unspecified atom stereocenters. The molecule has 0 radical (unpaired) electrons. The number of carbonyl (C=O) groups excluding carboxylic acids is 1. The van der Waals surface area contributed by atoms with E-state index in [0.717, 1.165) is 0 Å². The summed E-state index contributed by atoms with van der Waals surface area (Å²) in [7, 11) is 3.12. The first-order valence-corrected chi connectivity index (χ1v) is 6.64. The number of carbonyl (C=O) groups is 1. The number of ether oxygens (including phenoxy) is 2. The highest BCUT2D eigenvalue weighted by atomic mass is 16.5. The second-order valence-corrected chi connectivity index (χ2v) is 4.90. The van der Waals surface area contributed by atoms with Gasteiger partial charge >= 0.3 is 0 Å². The predicted molar refractivity (Wildman–Crippen MR) is 77.0 cm³/mol. The normalized spacial score (nSPS) is 13.4. The molecule has 106 valence electrons. The Balaban J connectivity index is 2.26. The summed E-state index contributed by atoms with van der Waals surface area (Å²) in [4.78, 5) is 14.3. The van der Waals surface area contributed by atoms with Gasteiger partial charge in [0.25, 0.3) is 5.91 Å². The Morgan fingerprint density at radius 3 is 2.70 bits per heavy atom. The minimum atomic E-state index is -0.106. The molecule has 4 heteroatoms. The van der Waals surface area contributed by atoms with Crippen molar-refractivity contribution in [2.45, 2.75) is 12.8 Å². The second-order valence-electron chi connectivity index (χ2n) is 4.90. The van der Waals surface area contributed by atoms with E-state index >= 15 is 0 Å². The van der Waals surface area contributed by atoms with E-state index < -0.39 is 0 Å². The van der Waals surface area contributed by atoms with Gasteiger partial charge in [0.05, 0.1) is 26.3 Å². The number of hydrogen-bond donors (Lipinski definition) is 0. The Morgan fingerprint density at radius 1 is 1.40 bits per heavy atom. The van der Waals surface area contributed by atoms with Crippen LogP contribution in [0.5, 0.6) is 11.5 Å². The maximum absolute atomic E-state index is 12.6. The molecule has 0 aliphatic heterocycles. The molecule has 0 saturated heterocycles. The quantitative estimate of drug-likeness (QED) is 0.746. The Hall–Kier alpha value is -2.15. The van der Waals surface area contributed by atoms with E-state index in [1.807, 2.05) is 0 Å². The molecule has 2 rings (SSSR count). The maximum Gasteiger partial charge on any atom is 0.258 e. The Bertz CT molecular complexity index is 529. The molecule has 0 bridgehead atoms. The number of benzene rings is 1. The molecule has 1 aromatic rings. The van der Waals surface area contributed by atoms with Gasteiger partial charge < -0.3 is 14.4 Å². The molecule has 4 nitrogen and oxygen atoms in total. The van der Waals surface area contributed by atoms with Crippen LogP contribution in [-0.4, -0.2) is 38.1 Å². The molecule has 0 spiro atoms. The zero-order valence-corrected chi connectivity index (χ0v) is 11.9. The largest absolute Gasteiger partial charge is 0.497 e. The van der Waals surface area contributed by atoms with Crippen molar-refractivity contribution in [3.8, 4) is 23.8 Å². The van der Waals surface area contributed by atoms with E-state index in [2.05, 4.69) is 5.92 Å². The van der Waals surface area contributed by atoms with Crippen LogP contribution in [-0.2, 0) is 0 Å². The molecule has 1 saturated carbocycles. The molecule has 20 heavy (non-hydrogen) atoms. The van der Waals surface area contributed by atoms with E-state index in [-0.39, 0.29) is 5.91 Å².